The van der Waals surface area contributed by atoms with Crippen molar-refractivity contribution in [3.63, 3.8) is 0 Å². The number of nitrogens with zero attached hydrogens (tertiary/aromatic N) is 4. The van der Waals surface area contributed by atoms with Crippen molar-refractivity contribution in [1.82, 2.24) is 14.3 Å². The Labute approximate surface area is 149 Å². The summed E-state index contributed by atoms with van der Waals surface area (Å²) >= 11 is 1.44. The lowest BCUT2D eigenvalue weighted by molar-refractivity contribution is 0.0991. The molecule has 1 aromatic carbocycles. The molecule has 132 valence electrons. The van der Waals surface area contributed by atoms with E-state index in [0.717, 1.165) is 21.5 Å². The van der Waals surface area contributed by atoms with Crippen LogP contribution in [-0.4, -0.2) is 41.1 Å². The Morgan fingerprint density at radius 2 is 2.16 bits per heavy atom. The zero-order valence-electron chi connectivity index (χ0n) is 14.6. The number of thiazole rings is 1. The number of rotatable bonds is 5. The first-order valence-electron chi connectivity index (χ1n) is 7.79. The van der Waals surface area contributed by atoms with Crippen LogP contribution in [0.15, 0.2) is 29.4 Å². The van der Waals surface area contributed by atoms with Gasteiger partial charge in [-0.2, -0.15) is 10.1 Å². The van der Waals surface area contributed by atoms with Crippen LogP contribution in [0.1, 0.15) is 16.1 Å². The highest BCUT2D eigenvalue weighted by molar-refractivity contribution is 7.16. The monoisotopic (exact) mass is 360 g/mol. The summed E-state index contributed by atoms with van der Waals surface area (Å²) in [6.45, 7) is 2.99. The number of amides is 1. The van der Waals surface area contributed by atoms with Gasteiger partial charge in [-0.1, -0.05) is 11.3 Å². The smallest absolute Gasteiger partial charge is 0.300 e. The Hall–Kier alpha value is -2.45. The first-order chi connectivity index (χ1) is 12.0. The summed E-state index contributed by atoms with van der Waals surface area (Å²) < 4.78 is 15.1. The van der Waals surface area contributed by atoms with E-state index in [1.165, 1.54) is 11.3 Å². The predicted octanol–water partition coefficient (Wildman–Crippen LogP) is 2.14. The highest BCUT2D eigenvalue weighted by Crippen LogP contribution is 2.23. The van der Waals surface area contributed by atoms with Crippen molar-refractivity contribution in [2.24, 2.45) is 12.0 Å². The lowest BCUT2D eigenvalue weighted by atomic mass is 10.3. The molecule has 0 fully saturated rings. The molecule has 0 spiro atoms. The molecule has 1 amide bonds. The van der Waals surface area contributed by atoms with E-state index in [1.54, 1.807) is 32.1 Å². The van der Waals surface area contributed by atoms with E-state index in [-0.39, 0.29) is 5.91 Å². The van der Waals surface area contributed by atoms with Crippen molar-refractivity contribution in [2.45, 2.75) is 13.5 Å². The molecular weight excluding hydrogens is 340 g/mol. The average Bonchev–Trinajstić information content (AvgIpc) is 3.11. The van der Waals surface area contributed by atoms with E-state index < -0.39 is 0 Å². The molecule has 0 saturated carbocycles. The lowest BCUT2D eigenvalue weighted by Crippen LogP contribution is -2.19. The zero-order valence-corrected chi connectivity index (χ0v) is 15.5. The number of carbonyl (C=O) groups excluding carboxylic acids is 1. The van der Waals surface area contributed by atoms with Gasteiger partial charge in [0.15, 0.2) is 10.5 Å². The molecule has 0 radical (unpaired) electrons. The Bertz CT molecular complexity index is 984. The van der Waals surface area contributed by atoms with Crippen LogP contribution in [0, 0.1) is 6.92 Å². The molecule has 8 heteroatoms. The molecular formula is C17H20N4O3S. The van der Waals surface area contributed by atoms with Gasteiger partial charge in [0.1, 0.15) is 5.75 Å². The molecule has 0 bridgehead atoms. The van der Waals surface area contributed by atoms with E-state index in [9.17, 15) is 4.79 Å². The largest absolute Gasteiger partial charge is 0.497 e. The standard InChI is InChI=1S/C17H20N4O3S/c1-11-10-20(2)19-15(11)16(22)18-17-21(7-8-23-3)13-6-5-12(24-4)9-14(13)25-17/h5-6,9-10H,7-8H2,1-4H3. The van der Waals surface area contributed by atoms with Crippen molar-refractivity contribution in [3.05, 3.63) is 40.5 Å². The summed E-state index contributed by atoms with van der Waals surface area (Å²) in [6.07, 6.45) is 1.80. The molecule has 25 heavy (non-hydrogen) atoms. The third-order valence-electron chi connectivity index (χ3n) is 3.82. The molecule has 0 aliphatic rings. The Morgan fingerprint density at radius 3 is 2.80 bits per heavy atom. The van der Waals surface area contributed by atoms with Crippen LogP contribution in [0.2, 0.25) is 0 Å². The summed E-state index contributed by atoms with van der Waals surface area (Å²) in [7, 11) is 5.07. The van der Waals surface area contributed by atoms with Gasteiger partial charge in [0.05, 0.1) is 23.9 Å². The molecule has 0 unspecified atom stereocenters. The maximum atomic E-state index is 12.6. The Kier molecular flexibility index (Phi) is 5.00. The second-order valence-electron chi connectivity index (χ2n) is 5.61. The van der Waals surface area contributed by atoms with Gasteiger partial charge in [0.25, 0.3) is 5.91 Å². The van der Waals surface area contributed by atoms with Gasteiger partial charge in [-0.15, -0.1) is 0 Å². The molecule has 0 N–H and O–H groups in total. The minimum absolute atomic E-state index is 0.345. The number of hydrogen-bond acceptors (Lipinski definition) is 5. The van der Waals surface area contributed by atoms with Crippen molar-refractivity contribution >= 4 is 27.5 Å². The third-order valence-corrected chi connectivity index (χ3v) is 4.86. The minimum atomic E-state index is -0.345. The number of ether oxygens (including phenoxy) is 2. The molecule has 3 aromatic rings. The van der Waals surface area contributed by atoms with Crippen molar-refractivity contribution < 1.29 is 14.3 Å². The fourth-order valence-corrected chi connectivity index (χ4v) is 3.71. The number of benzene rings is 1. The number of methoxy groups -OCH3 is 2. The molecule has 0 aliphatic carbocycles. The van der Waals surface area contributed by atoms with E-state index in [4.69, 9.17) is 9.47 Å². The quantitative estimate of drug-likeness (QED) is 0.699. The van der Waals surface area contributed by atoms with Crippen molar-refractivity contribution in [3.8, 4) is 5.75 Å². The van der Waals surface area contributed by atoms with E-state index >= 15 is 0 Å². The Balaban J connectivity index is 2.12. The number of aryl methyl sites for hydroxylation is 2. The van der Waals surface area contributed by atoms with E-state index in [0.29, 0.717) is 23.6 Å². The normalized spacial score (nSPS) is 12.1. The van der Waals surface area contributed by atoms with Crippen LogP contribution in [0.4, 0.5) is 0 Å². The number of carbonyl (C=O) groups is 1. The van der Waals surface area contributed by atoms with E-state index in [1.807, 2.05) is 29.7 Å². The van der Waals surface area contributed by atoms with Crippen molar-refractivity contribution in [1.29, 1.82) is 0 Å². The fraction of sp³-hybridized carbons (Fsp3) is 0.353. The highest BCUT2D eigenvalue weighted by atomic mass is 32.1. The average molecular weight is 360 g/mol. The molecule has 2 aromatic heterocycles. The van der Waals surface area contributed by atoms with Gasteiger partial charge < -0.3 is 14.0 Å². The van der Waals surface area contributed by atoms with Gasteiger partial charge in [0, 0.05) is 32.5 Å². The molecule has 0 atom stereocenters. The minimum Gasteiger partial charge on any atom is -0.497 e. The zero-order chi connectivity index (χ0) is 18.0. The fourth-order valence-electron chi connectivity index (χ4n) is 2.62. The molecule has 0 saturated heterocycles. The molecule has 3 rings (SSSR count). The maximum absolute atomic E-state index is 12.6. The van der Waals surface area contributed by atoms with Crippen LogP contribution in [0.5, 0.6) is 5.75 Å². The van der Waals surface area contributed by atoms with Gasteiger partial charge in [0.2, 0.25) is 0 Å². The summed E-state index contributed by atoms with van der Waals surface area (Å²) in [5.41, 5.74) is 2.17. The van der Waals surface area contributed by atoms with E-state index in [2.05, 4.69) is 10.1 Å². The molecule has 0 aliphatic heterocycles. The number of fused-ring (bicyclic) bond motifs is 1. The van der Waals surface area contributed by atoms with Crippen LogP contribution in [0.3, 0.4) is 0 Å². The lowest BCUT2D eigenvalue weighted by Gasteiger charge is -2.05. The first-order valence-corrected chi connectivity index (χ1v) is 8.60. The predicted molar refractivity (Wildman–Crippen MR) is 96.1 cm³/mol. The molecule has 7 nitrogen and oxygen atoms in total. The van der Waals surface area contributed by atoms with Crippen LogP contribution >= 0.6 is 11.3 Å². The summed E-state index contributed by atoms with van der Waals surface area (Å²) in [4.78, 5) is 17.5. The topological polar surface area (TPSA) is 70.6 Å². The molecule has 2 heterocycles. The second-order valence-corrected chi connectivity index (χ2v) is 6.62. The SMILES string of the molecule is COCCn1c(=NC(=O)c2nn(C)cc2C)sc2cc(OC)ccc21. The number of hydrogen-bond donors (Lipinski definition) is 0. The summed E-state index contributed by atoms with van der Waals surface area (Å²) in [5, 5.41) is 4.20. The van der Waals surface area contributed by atoms with Gasteiger partial charge >= 0.3 is 0 Å². The second kappa shape index (κ2) is 7.20. The van der Waals surface area contributed by atoms with Crippen LogP contribution < -0.4 is 9.54 Å². The van der Waals surface area contributed by atoms with Gasteiger partial charge in [-0.05, 0) is 25.1 Å². The van der Waals surface area contributed by atoms with Crippen molar-refractivity contribution in [2.75, 3.05) is 20.8 Å². The summed E-state index contributed by atoms with van der Waals surface area (Å²) in [6, 6.07) is 5.81. The number of aromatic nitrogens is 3. The third kappa shape index (κ3) is 3.49. The van der Waals surface area contributed by atoms with Crippen LogP contribution in [0.25, 0.3) is 10.2 Å². The van der Waals surface area contributed by atoms with Gasteiger partial charge in [-0.3, -0.25) is 9.48 Å². The highest BCUT2D eigenvalue weighted by Gasteiger charge is 2.14. The summed E-state index contributed by atoms with van der Waals surface area (Å²) in [5.74, 6) is 0.425. The van der Waals surface area contributed by atoms with Crippen LogP contribution in [-0.2, 0) is 18.3 Å². The first kappa shape index (κ1) is 17.4. The van der Waals surface area contributed by atoms with Gasteiger partial charge in [-0.25, -0.2) is 0 Å². The Morgan fingerprint density at radius 1 is 1.36 bits per heavy atom. The maximum Gasteiger partial charge on any atom is 0.300 e.